The molecule has 1 aliphatic rings. The molecule has 1 aromatic heterocycles. The molecule has 100 valence electrons. The van der Waals surface area contributed by atoms with E-state index in [1.807, 2.05) is 7.05 Å². The monoisotopic (exact) mass is 268 g/mol. The third-order valence-corrected chi connectivity index (χ3v) is 3.83. The first-order valence-electron chi connectivity index (χ1n) is 6.63. The zero-order valence-corrected chi connectivity index (χ0v) is 11.8. The van der Waals surface area contributed by atoms with Gasteiger partial charge in [-0.3, -0.25) is 0 Å². The summed E-state index contributed by atoms with van der Waals surface area (Å²) >= 11 is 5.94. The predicted molar refractivity (Wildman–Crippen MR) is 76.2 cm³/mol. The van der Waals surface area contributed by atoms with E-state index in [1.54, 1.807) is 6.07 Å². The minimum absolute atomic E-state index is 0.467. The summed E-state index contributed by atoms with van der Waals surface area (Å²) in [7, 11) is 1.82. The normalized spacial score (nSPS) is 23.7. The van der Waals surface area contributed by atoms with E-state index in [0.29, 0.717) is 11.1 Å². The maximum absolute atomic E-state index is 5.94. The molecular formula is C13H21ClN4. The number of hydrogen-bond acceptors (Lipinski definition) is 4. The number of halogens is 1. The molecule has 0 atom stereocenters. The SMILES string of the molecule is CNc1cc(Cl)nc(NCC2CCC(C)CC2)n1. The highest BCUT2D eigenvalue weighted by Gasteiger charge is 2.18. The van der Waals surface area contributed by atoms with Gasteiger partial charge in [0.2, 0.25) is 5.95 Å². The number of rotatable bonds is 4. The van der Waals surface area contributed by atoms with Crippen LogP contribution in [0.1, 0.15) is 32.6 Å². The van der Waals surface area contributed by atoms with Gasteiger partial charge in [0.05, 0.1) is 0 Å². The van der Waals surface area contributed by atoms with E-state index in [-0.39, 0.29) is 0 Å². The third kappa shape index (κ3) is 3.73. The quantitative estimate of drug-likeness (QED) is 0.822. The highest BCUT2D eigenvalue weighted by atomic mass is 35.5. The lowest BCUT2D eigenvalue weighted by molar-refractivity contribution is 0.300. The molecule has 0 amide bonds. The number of nitrogens with one attached hydrogen (secondary N) is 2. The molecule has 0 bridgehead atoms. The summed E-state index contributed by atoms with van der Waals surface area (Å²) in [6.45, 7) is 3.28. The molecule has 1 aromatic rings. The van der Waals surface area contributed by atoms with Crippen molar-refractivity contribution in [2.24, 2.45) is 11.8 Å². The van der Waals surface area contributed by atoms with Crippen molar-refractivity contribution in [2.75, 3.05) is 24.2 Å². The van der Waals surface area contributed by atoms with Crippen LogP contribution in [0.5, 0.6) is 0 Å². The van der Waals surface area contributed by atoms with E-state index in [9.17, 15) is 0 Å². The molecule has 2 N–H and O–H groups in total. The number of anilines is 2. The zero-order valence-electron chi connectivity index (χ0n) is 11.0. The van der Waals surface area contributed by atoms with E-state index >= 15 is 0 Å². The smallest absolute Gasteiger partial charge is 0.226 e. The summed E-state index contributed by atoms with van der Waals surface area (Å²) in [4.78, 5) is 8.52. The largest absolute Gasteiger partial charge is 0.373 e. The summed E-state index contributed by atoms with van der Waals surface area (Å²) in [5.41, 5.74) is 0. The van der Waals surface area contributed by atoms with Crippen LogP contribution < -0.4 is 10.6 Å². The Morgan fingerprint density at radius 1 is 1.28 bits per heavy atom. The van der Waals surface area contributed by atoms with Crippen LogP contribution >= 0.6 is 11.6 Å². The average molecular weight is 269 g/mol. The molecule has 1 saturated carbocycles. The van der Waals surface area contributed by atoms with Crippen molar-refractivity contribution in [3.63, 3.8) is 0 Å². The standard InChI is InChI=1S/C13H21ClN4/c1-9-3-5-10(6-4-9)8-16-13-17-11(14)7-12(15-2)18-13/h7,9-10H,3-6,8H2,1-2H3,(H2,15,16,17,18). The molecule has 0 unspecified atom stereocenters. The van der Waals surface area contributed by atoms with E-state index in [2.05, 4.69) is 27.5 Å². The van der Waals surface area contributed by atoms with Crippen molar-refractivity contribution in [1.29, 1.82) is 0 Å². The molecule has 1 aliphatic carbocycles. The van der Waals surface area contributed by atoms with Crippen molar-refractivity contribution >= 4 is 23.4 Å². The molecule has 1 fully saturated rings. The molecule has 5 heteroatoms. The first-order valence-corrected chi connectivity index (χ1v) is 7.01. The maximum atomic E-state index is 5.94. The molecule has 1 heterocycles. The number of hydrogen-bond donors (Lipinski definition) is 2. The molecule has 4 nitrogen and oxygen atoms in total. The lowest BCUT2D eigenvalue weighted by atomic mass is 9.83. The fourth-order valence-corrected chi connectivity index (χ4v) is 2.58. The highest BCUT2D eigenvalue weighted by Crippen LogP contribution is 2.28. The molecule has 0 radical (unpaired) electrons. The molecule has 2 rings (SSSR count). The van der Waals surface area contributed by atoms with Gasteiger partial charge in [-0.25, -0.2) is 4.98 Å². The van der Waals surface area contributed by atoms with Crippen LogP contribution in [0.25, 0.3) is 0 Å². The van der Waals surface area contributed by atoms with Gasteiger partial charge < -0.3 is 10.6 Å². The van der Waals surface area contributed by atoms with Crippen LogP contribution in [0, 0.1) is 11.8 Å². The van der Waals surface area contributed by atoms with Crippen molar-refractivity contribution in [3.05, 3.63) is 11.2 Å². The van der Waals surface area contributed by atoms with Crippen LogP contribution in [-0.4, -0.2) is 23.6 Å². The van der Waals surface area contributed by atoms with Gasteiger partial charge in [0.1, 0.15) is 11.0 Å². The Labute approximate surface area is 114 Å². The summed E-state index contributed by atoms with van der Waals surface area (Å²) in [6.07, 6.45) is 5.27. The second-order valence-electron chi connectivity index (χ2n) is 5.16. The van der Waals surface area contributed by atoms with Crippen molar-refractivity contribution < 1.29 is 0 Å². The van der Waals surface area contributed by atoms with Crippen LogP contribution in [0.2, 0.25) is 5.15 Å². The molecule has 0 aromatic carbocycles. The zero-order chi connectivity index (χ0) is 13.0. The number of nitrogens with zero attached hydrogens (tertiary/aromatic N) is 2. The second kappa shape index (κ2) is 6.23. The molecular weight excluding hydrogens is 248 g/mol. The minimum atomic E-state index is 0.467. The van der Waals surface area contributed by atoms with Crippen LogP contribution in [-0.2, 0) is 0 Å². The van der Waals surface area contributed by atoms with Gasteiger partial charge in [0.25, 0.3) is 0 Å². The molecule has 0 spiro atoms. The Morgan fingerprint density at radius 3 is 2.67 bits per heavy atom. The predicted octanol–water partition coefficient (Wildman–Crippen LogP) is 3.41. The van der Waals surface area contributed by atoms with Gasteiger partial charge in [-0.05, 0) is 24.7 Å². The van der Waals surface area contributed by atoms with Crippen LogP contribution in [0.15, 0.2) is 6.07 Å². The molecule has 18 heavy (non-hydrogen) atoms. The van der Waals surface area contributed by atoms with Crippen LogP contribution in [0.4, 0.5) is 11.8 Å². The Kier molecular flexibility index (Phi) is 4.64. The maximum Gasteiger partial charge on any atom is 0.226 e. The van der Waals surface area contributed by atoms with E-state index < -0.39 is 0 Å². The Hall–Kier alpha value is -1.03. The van der Waals surface area contributed by atoms with Crippen molar-refractivity contribution in [2.45, 2.75) is 32.6 Å². The third-order valence-electron chi connectivity index (χ3n) is 3.64. The van der Waals surface area contributed by atoms with E-state index in [4.69, 9.17) is 11.6 Å². The van der Waals surface area contributed by atoms with Crippen molar-refractivity contribution in [3.8, 4) is 0 Å². The molecule has 0 aliphatic heterocycles. The van der Waals surface area contributed by atoms with E-state index in [1.165, 1.54) is 25.7 Å². The lowest BCUT2D eigenvalue weighted by Crippen LogP contribution is -2.21. The lowest BCUT2D eigenvalue weighted by Gasteiger charge is -2.26. The second-order valence-corrected chi connectivity index (χ2v) is 5.54. The molecule has 0 saturated heterocycles. The van der Waals surface area contributed by atoms with Gasteiger partial charge >= 0.3 is 0 Å². The first kappa shape index (κ1) is 13.4. The summed E-state index contributed by atoms with van der Waals surface area (Å²) in [6, 6.07) is 1.72. The number of aromatic nitrogens is 2. The van der Waals surface area contributed by atoms with Gasteiger partial charge in [0, 0.05) is 19.7 Å². The first-order chi connectivity index (χ1) is 8.67. The van der Waals surface area contributed by atoms with Gasteiger partial charge in [0.15, 0.2) is 0 Å². The van der Waals surface area contributed by atoms with Crippen molar-refractivity contribution in [1.82, 2.24) is 9.97 Å². The average Bonchev–Trinajstić information content (AvgIpc) is 2.37. The summed E-state index contributed by atoms with van der Waals surface area (Å²) in [5.74, 6) is 2.99. The highest BCUT2D eigenvalue weighted by molar-refractivity contribution is 6.29. The Bertz CT molecular complexity index is 389. The summed E-state index contributed by atoms with van der Waals surface area (Å²) < 4.78 is 0. The minimum Gasteiger partial charge on any atom is -0.373 e. The van der Waals surface area contributed by atoms with Gasteiger partial charge in [-0.15, -0.1) is 0 Å². The van der Waals surface area contributed by atoms with Gasteiger partial charge in [-0.1, -0.05) is 31.4 Å². The Morgan fingerprint density at radius 2 is 2.00 bits per heavy atom. The topological polar surface area (TPSA) is 49.8 Å². The van der Waals surface area contributed by atoms with Gasteiger partial charge in [-0.2, -0.15) is 4.98 Å². The Balaban J connectivity index is 1.88. The van der Waals surface area contributed by atoms with Crippen LogP contribution in [0.3, 0.4) is 0 Å². The summed E-state index contributed by atoms with van der Waals surface area (Å²) in [5, 5.41) is 6.74. The van der Waals surface area contributed by atoms with E-state index in [0.717, 1.165) is 24.2 Å². The fourth-order valence-electron chi connectivity index (χ4n) is 2.39. The fraction of sp³-hybridized carbons (Fsp3) is 0.692.